The first-order valence-electron chi connectivity index (χ1n) is 14.7. The van der Waals surface area contributed by atoms with Crippen molar-refractivity contribution in [3.63, 3.8) is 0 Å². The molecule has 4 heterocycles. The van der Waals surface area contributed by atoms with Crippen LogP contribution in [0, 0.1) is 23.6 Å². The molecule has 266 valence electrons. The highest BCUT2D eigenvalue weighted by Crippen LogP contribution is 2.37. The van der Waals surface area contributed by atoms with Gasteiger partial charge in [0.25, 0.3) is 5.91 Å². The molecule has 0 bridgehead atoms. The highest BCUT2D eigenvalue weighted by molar-refractivity contribution is 7.51. The average Bonchev–Trinajstić information content (AvgIpc) is 3.50. The molecule has 5 rings (SSSR count). The third-order valence-corrected chi connectivity index (χ3v) is 7.89. The number of carbonyl (C=O) groups excluding carboxylic acids is 1. The van der Waals surface area contributed by atoms with Crippen molar-refractivity contribution in [1.82, 2.24) is 29.2 Å². The largest absolute Gasteiger partial charge is 0.481 e. The summed E-state index contributed by atoms with van der Waals surface area (Å²) in [6, 6.07) is 2.76. The molecule has 0 saturated carbocycles. The van der Waals surface area contributed by atoms with Crippen molar-refractivity contribution >= 4 is 65.9 Å². The first-order valence-corrected chi connectivity index (χ1v) is 17.7. The Kier molecular flexibility index (Phi) is 14.0. The second kappa shape index (κ2) is 17.5. The molecule has 0 unspecified atom stereocenters. The number of carboxylic acids is 1. The lowest BCUT2D eigenvalue weighted by Crippen LogP contribution is -2.39. The Bertz CT molecular complexity index is 1790. The Morgan fingerprint density at radius 1 is 1.22 bits per heavy atom. The van der Waals surface area contributed by atoms with Gasteiger partial charge in [0.05, 0.1) is 25.1 Å². The Balaban J connectivity index is 0.000000236. The summed E-state index contributed by atoms with van der Waals surface area (Å²) in [4.78, 5) is 56.6. The molecule has 2 aliphatic heterocycles. The van der Waals surface area contributed by atoms with Crippen molar-refractivity contribution in [3.8, 4) is 18.1 Å². The fraction of sp³-hybridized carbons (Fsp3) is 0.464. The molecule has 49 heavy (non-hydrogen) atoms. The minimum Gasteiger partial charge on any atom is -0.481 e. The minimum absolute atomic E-state index is 0.0964. The minimum atomic E-state index is -4.10. The molecule has 21 heteroatoms. The van der Waals surface area contributed by atoms with Gasteiger partial charge in [-0.1, -0.05) is 19.8 Å². The molecule has 2 aliphatic rings. The number of nitrogens with one attached hydrogen (secondary N) is 3. The topological polar surface area (TPSA) is 229 Å². The summed E-state index contributed by atoms with van der Waals surface area (Å²) < 4.78 is 36.4. The monoisotopic (exact) mass is 742 g/mol. The molecule has 0 aliphatic carbocycles. The fourth-order valence-electron chi connectivity index (χ4n) is 4.38. The SMILES string of the molecule is C#CCN1C(=O)COc2cc(F)c(N=c3snc4n3CC(C)(C)C4)cc21.CCNc1nc(Cl)nc(NCC)n1.O=C(O)CNCP(=O)(O)O. The van der Waals surface area contributed by atoms with Crippen molar-refractivity contribution in [2.75, 3.05) is 54.6 Å². The van der Waals surface area contributed by atoms with Crippen molar-refractivity contribution in [2.24, 2.45) is 10.4 Å². The highest BCUT2D eigenvalue weighted by Gasteiger charge is 2.31. The van der Waals surface area contributed by atoms with Gasteiger partial charge in [0.2, 0.25) is 22.0 Å². The van der Waals surface area contributed by atoms with Crippen LogP contribution in [0.4, 0.5) is 27.7 Å². The van der Waals surface area contributed by atoms with E-state index in [0.29, 0.717) is 28.1 Å². The molecule has 1 amide bonds. The second-order valence-electron chi connectivity index (χ2n) is 11.1. The number of amides is 1. The van der Waals surface area contributed by atoms with E-state index >= 15 is 0 Å². The zero-order chi connectivity index (χ0) is 36.4. The van der Waals surface area contributed by atoms with Gasteiger partial charge < -0.3 is 34.8 Å². The van der Waals surface area contributed by atoms with Crippen molar-refractivity contribution < 1.29 is 38.2 Å². The second-order valence-corrected chi connectivity index (χ2v) is 13.8. The summed E-state index contributed by atoms with van der Waals surface area (Å²) in [6.07, 6.45) is 5.62. The number of aliphatic carboxylic acids is 1. The van der Waals surface area contributed by atoms with Crippen LogP contribution in [0.15, 0.2) is 17.1 Å². The van der Waals surface area contributed by atoms with E-state index in [-0.39, 0.29) is 35.4 Å². The van der Waals surface area contributed by atoms with Crippen LogP contribution in [-0.2, 0) is 27.1 Å². The number of fused-ring (bicyclic) bond motifs is 2. The molecule has 0 fully saturated rings. The lowest BCUT2D eigenvalue weighted by Gasteiger charge is -2.28. The van der Waals surface area contributed by atoms with E-state index < -0.39 is 32.2 Å². The normalized spacial score (nSPS) is 14.6. The van der Waals surface area contributed by atoms with Crippen LogP contribution in [0.2, 0.25) is 5.28 Å². The van der Waals surface area contributed by atoms with E-state index in [0.717, 1.165) is 31.9 Å². The van der Waals surface area contributed by atoms with Crippen LogP contribution in [0.3, 0.4) is 0 Å². The summed E-state index contributed by atoms with van der Waals surface area (Å²) in [5, 5.41) is 16.2. The van der Waals surface area contributed by atoms with Gasteiger partial charge in [-0.25, -0.2) is 9.38 Å². The van der Waals surface area contributed by atoms with Crippen molar-refractivity contribution in [1.29, 1.82) is 0 Å². The standard InChI is InChI=1S/C18H17FN4O2S.C7H12ClN5.C3H8NO5P/c1-4-5-22-13-7-12(11(19)6-14(13)25-9-16(22)24)20-17-23-10-18(2,3)8-15(23)21-26-17;1-3-9-6-11-5(8)12-7(13-6)10-4-2;5-3(6)1-4-2-10(7,8)9/h1,6-7H,5,8-10H2,2-3H3;3-4H2,1-2H3,(H2,9,10,11,12,13);4H,1-2H2,(H,5,6)(H2,7,8,9). The maximum absolute atomic E-state index is 14.5. The molecule has 0 saturated heterocycles. The predicted octanol–water partition coefficient (Wildman–Crippen LogP) is 2.44. The summed E-state index contributed by atoms with van der Waals surface area (Å²) in [5.74, 6) is 2.77. The Morgan fingerprint density at radius 3 is 2.45 bits per heavy atom. The molecule has 6 N–H and O–H groups in total. The molecule has 3 aromatic rings. The van der Waals surface area contributed by atoms with Gasteiger partial charge in [-0.05, 0) is 36.9 Å². The first kappa shape index (κ1) is 39.3. The number of benzene rings is 1. The number of anilines is 3. The Hall–Kier alpha value is -4.18. The first-order chi connectivity index (χ1) is 23.1. The molecule has 0 atom stereocenters. The van der Waals surface area contributed by atoms with Gasteiger partial charge in [-0.3, -0.25) is 24.4 Å². The van der Waals surface area contributed by atoms with E-state index in [9.17, 15) is 18.5 Å². The maximum atomic E-state index is 14.5. The van der Waals surface area contributed by atoms with Gasteiger partial charge in [-0.2, -0.15) is 19.3 Å². The van der Waals surface area contributed by atoms with Gasteiger partial charge in [-0.15, -0.1) is 6.42 Å². The van der Waals surface area contributed by atoms with E-state index in [1.807, 2.05) is 18.4 Å². The van der Waals surface area contributed by atoms with Crippen LogP contribution in [-0.4, -0.2) is 89.7 Å². The van der Waals surface area contributed by atoms with Crippen LogP contribution in [0.25, 0.3) is 0 Å². The predicted molar refractivity (Wildman–Crippen MR) is 182 cm³/mol. The third kappa shape index (κ3) is 12.0. The summed E-state index contributed by atoms with van der Waals surface area (Å²) in [7, 11) is -4.10. The van der Waals surface area contributed by atoms with E-state index in [1.165, 1.54) is 28.6 Å². The smallest absolute Gasteiger partial charge is 0.339 e. The Labute approximate surface area is 290 Å². The Morgan fingerprint density at radius 2 is 1.88 bits per heavy atom. The molecular formula is C28H37ClFN10O7PS. The summed E-state index contributed by atoms with van der Waals surface area (Å²) in [6.45, 7) is 10.1. The molecule has 0 spiro atoms. The lowest BCUT2D eigenvalue weighted by atomic mass is 9.92. The van der Waals surface area contributed by atoms with Crippen LogP contribution < -0.4 is 30.4 Å². The number of carbonyl (C=O) groups is 2. The lowest BCUT2D eigenvalue weighted by molar-refractivity contribution is -0.135. The number of rotatable bonds is 10. The molecule has 2 aromatic heterocycles. The number of aromatic nitrogens is 5. The van der Waals surface area contributed by atoms with Crippen molar-refractivity contribution in [3.05, 3.63) is 33.9 Å². The number of ether oxygens (including phenoxy) is 1. The number of nitrogens with zero attached hydrogens (tertiary/aromatic N) is 7. The molecule has 17 nitrogen and oxygen atoms in total. The maximum Gasteiger partial charge on any atom is 0.339 e. The average molecular weight is 743 g/mol. The number of hydrogen-bond acceptors (Lipinski definition) is 13. The summed E-state index contributed by atoms with van der Waals surface area (Å²) in [5.41, 5.74) is 0.678. The molecular weight excluding hydrogens is 706 g/mol. The number of halogens is 2. The zero-order valence-electron chi connectivity index (χ0n) is 27.1. The highest BCUT2D eigenvalue weighted by atomic mass is 35.5. The molecule has 0 radical (unpaired) electrons. The van der Waals surface area contributed by atoms with Crippen LogP contribution in [0.5, 0.6) is 5.75 Å². The third-order valence-electron chi connectivity index (χ3n) is 6.31. The van der Waals surface area contributed by atoms with Gasteiger partial charge in [0.15, 0.2) is 12.4 Å². The number of terminal acetylenes is 1. The van der Waals surface area contributed by atoms with Crippen LogP contribution >= 0.6 is 30.7 Å². The fourth-order valence-corrected chi connectivity index (χ4v) is 5.70. The number of hydrogen-bond donors (Lipinski definition) is 6. The van der Waals surface area contributed by atoms with E-state index in [4.69, 9.17) is 37.7 Å². The van der Waals surface area contributed by atoms with Gasteiger partial charge >= 0.3 is 13.6 Å². The zero-order valence-corrected chi connectivity index (χ0v) is 29.6. The van der Waals surface area contributed by atoms with Gasteiger partial charge in [0.1, 0.15) is 17.3 Å². The quantitative estimate of drug-likeness (QED) is 0.130. The van der Waals surface area contributed by atoms with Crippen LogP contribution in [0.1, 0.15) is 33.5 Å². The van der Waals surface area contributed by atoms with Crippen molar-refractivity contribution in [2.45, 2.75) is 40.7 Å². The number of carboxylic acid groups (broad SMARTS) is 1. The van der Waals surface area contributed by atoms with E-state index in [2.05, 4.69) is 60.0 Å². The van der Waals surface area contributed by atoms with E-state index in [1.54, 1.807) is 0 Å². The summed E-state index contributed by atoms with van der Waals surface area (Å²) >= 11 is 6.92. The molecule has 1 aromatic carbocycles. The van der Waals surface area contributed by atoms with Gasteiger partial charge in [0, 0.05) is 43.7 Å².